The van der Waals surface area contributed by atoms with Gasteiger partial charge in [-0.3, -0.25) is 4.79 Å². The topological polar surface area (TPSA) is 47.8 Å². The highest BCUT2D eigenvalue weighted by Gasteiger charge is 2.29. The number of aryl methyl sites for hydroxylation is 3. The summed E-state index contributed by atoms with van der Waals surface area (Å²) >= 11 is 1.47. The molecule has 0 N–H and O–H groups in total. The first-order valence-electron chi connectivity index (χ1n) is 7.60. The Morgan fingerprint density at radius 3 is 2.55 bits per heavy atom. The molecule has 116 valence electrons. The highest BCUT2D eigenvalue weighted by Crippen LogP contribution is 2.39. The monoisotopic (exact) mass is 315 g/mol. The first kappa shape index (κ1) is 15.3. The van der Waals surface area contributed by atoms with Crippen molar-refractivity contribution in [3.8, 4) is 0 Å². The Hall–Kier alpha value is -1.62. The van der Waals surface area contributed by atoms with E-state index < -0.39 is 0 Å². The highest BCUT2D eigenvalue weighted by molar-refractivity contribution is 7.99. The van der Waals surface area contributed by atoms with Gasteiger partial charge in [0.2, 0.25) is 0 Å². The van der Waals surface area contributed by atoms with Crippen molar-refractivity contribution in [1.82, 2.24) is 14.8 Å². The number of aromatic nitrogens is 3. The van der Waals surface area contributed by atoms with Crippen molar-refractivity contribution in [3.05, 3.63) is 40.2 Å². The molecular weight excluding hydrogens is 294 g/mol. The first-order valence-corrected chi connectivity index (χ1v) is 8.59. The molecule has 1 aromatic heterocycles. The molecule has 1 aromatic carbocycles. The van der Waals surface area contributed by atoms with Crippen LogP contribution in [0.15, 0.2) is 17.3 Å². The number of carbonyl (C=O) groups is 1. The number of carbonyl (C=O) groups excluding carboxylic acids is 1. The van der Waals surface area contributed by atoms with Crippen molar-refractivity contribution in [2.45, 2.75) is 44.7 Å². The Balaban J connectivity index is 1.71. The lowest BCUT2D eigenvalue weighted by Gasteiger charge is -2.09. The van der Waals surface area contributed by atoms with E-state index in [-0.39, 0.29) is 5.78 Å². The Labute approximate surface area is 135 Å². The zero-order valence-electron chi connectivity index (χ0n) is 13.5. The van der Waals surface area contributed by atoms with Crippen molar-refractivity contribution in [2.24, 2.45) is 7.05 Å². The second-order valence-corrected chi connectivity index (χ2v) is 7.08. The number of thioether (sulfide) groups is 1. The summed E-state index contributed by atoms with van der Waals surface area (Å²) in [4.78, 5) is 12.5. The summed E-state index contributed by atoms with van der Waals surface area (Å²) in [7, 11) is 1.99. The van der Waals surface area contributed by atoms with Gasteiger partial charge in [0.25, 0.3) is 0 Å². The number of ketones is 1. The van der Waals surface area contributed by atoms with Crippen LogP contribution in [0.1, 0.15) is 51.6 Å². The fourth-order valence-electron chi connectivity index (χ4n) is 2.62. The molecule has 0 unspecified atom stereocenters. The molecule has 22 heavy (non-hydrogen) atoms. The smallest absolute Gasteiger partial charge is 0.191 e. The number of rotatable bonds is 5. The Morgan fingerprint density at radius 2 is 1.86 bits per heavy atom. The normalized spacial score (nSPS) is 14.4. The maximum Gasteiger partial charge on any atom is 0.191 e. The molecule has 1 aliphatic rings. The molecule has 2 aromatic rings. The number of Topliss-reactive ketones (excluding diaryl/α,β-unsaturated/α-hetero) is 1. The van der Waals surface area contributed by atoms with Gasteiger partial charge in [0.05, 0.1) is 5.75 Å². The van der Waals surface area contributed by atoms with Gasteiger partial charge in [-0.1, -0.05) is 17.8 Å². The van der Waals surface area contributed by atoms with Crippen LogP contribution in [-0.2, 0) is 7.05 Å². The SMILES string of the molecule is Cc1cc(C)c(C(=O)CSc2nnc(C3CC3)n2C)cc1C. The number of benzene rings is 1. The van der Waals surface area contributed by atoms with Crippen LogP contribution in [0.4, 0.5) is 0 Å². The highest BCUT2D eigenvalue weighted by atomic mass is 32.2. The van der Waals surface area contributed by atoms with Gasteiger partial charge in [-0.15, -0.1) is 10.2 Å². The fourth-order valence-corrected chi connectivity index (χ4v) is 3.42. The summed E-state index contributed by atoms with van der Waals surface area (Å²) < 4.78 is 2.03. The third kappa shape index (κ3) is 2.95. The van der Waals surface area contributed by atoms with Crippen LogP contribution >= 0.6 is 11.8 Å². The Kier molecular flexibility index (Phi) is 4.08. The van der Waals surface area contributed by atoms with E-state index in [4.69, 9.17) is 0 Å². The van der Waals surface area contributed by atoms with Crippen molar-refractivity contribution < 1.29 is 4.79 Å². The molecule has 0 spiro atoms. The second-order valence-electron chi connectivity index (χ2n) is 6.14. The average Bonchev–Trinajstić information content (AvgIpc) is 3.25. The maximum absolute atomic E-state index is 12.5. The van der Waals surface area contributed by atoms with Crippen molar-refractivity contribution in [1.29, 1.82) is 0 Å². The van der Waals surface area contributed by atoms with Crippen molar-refractivity contribution in [2.75, 3.05) is 5.75 Å². The summed E-state index contributed by atoms with van der Waals surface area (Å²) in [6.07, 6.45) is 2.41. The van der Waals surface area contributed by atoms with E-state index in [1.807, 2.05) is 31.5 Å². The lowest BCUT2D eigenvalue weighted by Crippen LogP contribution is -2.07. The number of nitrogens with zero attached hydrogens (tertiary/aromatic N) is 3. The second kappa shape index (κ2) is 5.88. The molecule has 1 heterocycles. The van der Waals surface area contributed by atoms with Crippen LogP contribution in [0.2, 0.25) is 0 Å². The molecule has 1 fully saturated rings. The molecule has 0 saturated heterocycles. The number of hydrogen-bond donors (Lipinski definition) is 0. The van der Waals surface area contributed by atoms with Crippen LogP contribution in [0.25, 0.3) is 0 Å². The van der Waals surface area contributed by atoms with Gasteiger partial charge >= 0.3 is 0 Å². The van der Waals surface area contributed by atoms with Crippen LogP contribution in [0.3, 0.4) is 0 Å². The van der Waals surface area contributed by atoms with Crippen LogP contribution in [-0.4, -0.2) is 26.3 Å². The molecule has 0 amide bonds. The van der Waals surface area contributed by atoms with Gasteiger partial charge < -0.3 is 4.57 Å². The van der Waals surface area contributed by atoms with E-state index in [0.29, 0.717) is 11.7 Å². The van der Waals surface area contributed by atoms with Gasteiger partial charge in [-0.05, 0) is 56.4 Å². The van der Waals surface area contributed by atoms with Crippen molar-refractivity contribution >= 4 is 17.5 Å². The summed E-state index contributed by atoms with van der Waals surface area (Å²) in [5, 5.41) is 9.30. The minimum Gasteiger partial charge on any atom is -0.309 e. The molecule has 3 rings (SSSR count). The average molecular weight is 315 g/mol. The van der Waals surface area contributed by atoms with E-state index in [1.54, 1.807) is 0 Å². The predicted molar refractivity (Wildman–Crippen MR) is 88.7 cm³/mol. The summed E-state index contributed by atoms with van der Waals surface area (Å²) in [6.45, 7) is 6.12. The van der Waals surface area contributed by atoms with Crippen molar-refractivity contribution in [3.63, 3.8) is 0 Å². The molecule has 0 radical (unpaired) electrons. The van der Waals surface area contributed by atoms with Gasteiger partial charge in [-0.25, -0.2) is 0 Å². The molecule has 0 bridgehead atoms. The minimum atomic E-state index is 0.154. The molecule has 0 aliphatic heterocycles. The third-order valence-electron chi connectivity index (χ3n) is 4.28. The Bertz CT molecular complexity index is 732. The van der Waals surface area contributed by atoms with Gasteiger partial charge in [0.15, 0.2) is 10.9 Å². The van der Waals surface area contributed by atoms with E-state index in [9.17, 15) is 4.79 Å². The minimum absolute atomic E-state index is 0.154. The lowest BCUT2D eigenvalue weighted by molar-refractivity contribution is 0.102. The molecule has 1 saturated carbocycles. The molecular formula is C17H21N3OS. The van der Waals surface area contributed by atoms with Crippen LogP contribution < -0.4 is 0 Å². The fraction of sp³-hybridized carbons (Fsp3) is 0.471. The van der Waals surface area contributed by atoms with E-state index in [0.717, 1.165) is 27.7 Å². The lowest BCUT2D eigenvalue weighted by atomic mass is 9.99. The summed E-state index contributed by atoms with van der Waals surface area (Å²) in [5.41, 5.74) is 4.25. The molecule has 1 aliphatic carbocycles. The zero-order valence-corrected chi connectivity index (χ0v) is 14.3. The molecule has 0 atom stereocenters. The van der Waals surface area contributed by atoms with Gasteiger partial charge in [0.1, 0.15) is 5.82 Å². The predicted octanol–water partition coefficient (Wildman–Crippen LogP) is 3.59. The Morgan fingerprint density at radius 1 is 1.18 bits per heavy atom. The third-order valence-corrected chi connectivity index (χ3v) is 5.30. The number of hydrogen-bond acceptors (Lipinski definition) is 4. The van der Waals surface area contributed by atoms with Crippen LogP contribution in [0, 0.1) is 20.8 Å². The summed E-state index contributed by atoms with van der Waals surface area (Å²) in [5.74, 6) is 2.18. The van der Waals surface area contributed by atoms with Crippen LogP contribution in [0.5, 0.6) is 0 Å². The van der Waals surface area contributed by atoms with Gasteiger partial charge in [0, 0.05) is 18.5 Å². The molecule has 4 nitrogen and oxygen atoms in total. The maximum atomic E-state index is 12.5. The van der Waals surface area contributed by atoms with E-state index in [2.05, 4.69) is 23.2 Å². The standard InChI is InChI=1S/C17H21N3OS/c1-10-7-12(3)14(8-11(10)2)15(21)9-22-17-19-18-16(20(17)4)13-5-6-13/h7-8,13H,5-6,9H2,1-4H3. The summed E-state index contributed by atoms with van der Waals surface area (Å²) in [6, 6.07) is 4.08. The molecule has 5 heteroatoms. The zero-order chi connectivity index (χ0) is 15.9. The van der Waals surface area contributed by atoms with Gasteiger partial charge in [-0.2, -0.15) is 0 Å². The largest absolute Gasteiger partial charge is 0.309 e. The quantitative estimate of drug-likeness (QED) is 0.625. The van der Waals surface area contributed by atoms with E-state index >= 15 is 0 Å². The first-order chi connectivity index (χ1) is 10.5. The van der Waals surface area contributed by atoms with E-state index in [1.165, 1.54) is 30.2 Å².